The highest BCUT2D eigenvalue weighted by Gasteiger charge is 2.13. The van der Waals surface area contributed by atoms with Crippen LogP contribution in [0.4, 0.5) is 0 Å². The summed E-state index contributed by atoms with van der Waals surface area (Å²) in [7, 11) is 0. The maximum Gasteiger partial charge on any atom is 0.122 e. The van der Waals surface area contributed by atoms with E-state index in [1.807, 2.05) is 12.1 Å². The van der Waals surface area contributed by atoms with Crippen LogP contribution in [0.5, 0.6) is 5.75 Å². The molecule has 0 radical (unpaired) electrons. The largest absolute Gasteiger partial charge is 0.493 e. The van der Waals surface area contributed by atoms with Gasteiger partial charge in [-0.15, -0.1) is 0 Å². The zero-order chi connectivity index (χ0) is 9.26. The normalized spacial score (nSPS) is 16.5. The fraction of sp³-hybridized carbons (Fsp3) is 0.400. The number of benzene rings is 1. The Morgan fingerprint density at radius 1 is 1.46 bits per heavy atom. The van der Waals surface area contributed by atoms with E-state index in [0.29, 0.717) is 6.54 Å². The number of nitrogens with two attached hydrogens (primary N) is 2. The molecule has 2 rings (SSSR count). The molecule has 1 unspecified atom stereocenters. The molecular formula is C10H14N2O. The second-order valence-electron chi connectivity index (χ2n) is 3.31. The van der Waals surface area contributed by atoms with Crippen LogP contribution < -0.4 is 16.2 Å². The van der Waals surface area contributed by atoms with E-state index in [2.05, 4.69) is 6.07 Å². The molecule has 1 atom stereocenters. The van der Waals surface area contributed by atoms with Crippen LogP contribution in [-0.2, 0) is 6.42 Å². The molecule has 0 aromatic heterocycles. The van der Waals surface area contributed by atoms with Crippen LogP contribution in [0.3, 0.4) is 0 Å². The van der Waals surface area contributed by atoms with E-state index in [1.54, 1.807) is 0 Å². The van der Waals surface area contributed by atoms with E-state index >= 15 is 0 Å². The first-order valence-electron chi connectivity index (χ1n) is 4.52. The Morgan fingerprint density at radius 2 is 2.31 bits per heavy atom. The summed E-state index contributed by atoms with van der Waals surface area (Å²) in [6.45, 7) is 1.26. The number of hydrogen-bond donors (Lipinski definition) is 2. The first-order chi connectivity index (χ1) is 6.31. The van der Waals surface area contributed by atoms with Gasteiger partial charge in [-0.3, -0.25) is 0 Å². The van der Waals surface area contributed by atoms with E-state index in [9.17, 15) is 0 Å². The van der Waals surface area contributed by atoms with E-state index in [1.165, 1.54) is 5.56 Å². The van der Waals surface area contributed by atoms with Crippen molar-refractivity contribution in [3.05, 3.63) is 29.3 Å². The Morgan fingerprint density at radius 3 is 3.08 bits per heavy atom. The van der Waals surface area contributed by atoms with Crippen LogP contribution in [0, 0.1) is 0 Å². The Kier molecular flexibility index (Phi) is 2.20. The van der Waals surface area contributed by atoms with Crippen molar-refractivity contribution in [3.63, 3.8) is 0 Å². The maximum atomic E-state index is 5.81. The molecule has 1 aromatic carbocycles. The lowest BCUT2D eigenvalue weighted by atomic mass is 10.0. The Bertz CT molecular complexity index is 312. The Balaban J connectivity index is 2.30. The number of rotatable bonds is 2. The van der Waals surface area contributed by atoms with Crippen molar-refractivity contribution in [2.24, 2.45) is 11.5 Å². The summed E-state index contributed by atoms with van der Waals surface area (Å²) in [6.07, 6.45) is 1.01. The molecule has 70 valence electrons. The third kappa shape index (κ3) is 1.53. The lowest BCUT2D eigenvalue weighted by molar-refractivity contribution is 0.356. The molecule has 0 amide bonds. The Labute approximate surface area is 77.7 Å². The molecule has 0 bridgehead atoms. The molecule has 0 saturated heterocycles. The highest BCUT2D eigenvalue weighted by Crippen LogP contribution is 2.27. The predicted octanol–water partition coefficient (Wildman–Crippen LogP) is 0.580. The van der Waals surface area contributed by atoms with Gasteiger partial charge >= 0.3 is 0 Å². The molecule has 3 heteroatoms. The minimum atomic E-state index is -0.0745. The van der Waals surface area contributed by atoms with Crippen molar-refractivity contribution in [1.29, 1.82) is 0 Å². The molecule has 1 aliphatic rings. The van der Waals surface area contributed by atoms with Gasteiger partial charge in [0.1, 0.15) is 5.75 Å². The van der Waals surface area contributed by atoms with Gasteiger partial charge in [0.05, 0.1) is 6.61 Å². The summed E-state index contributed by atoms with van der Waals surface area (Å²) in [6, 6.07) is 6.03. The van der Waals surface area contributed by atoms with E-state index in [-0.39, 0.29) is 6.04 Å². The van der Waals surface area contributed by atoms with Gasteiger partial charge in [0.2, 0.25) is 0 Å². The highest BCUT2D eigenvalue weighted by atomic mass is 16.5. The second kappa shape index (κ2) is 3.36. The molecule has 0 saturated carbocycles. The average molecular weight is 178 g/mol. The smallest absolute Gasteiger partial charge is 0.122 e. The van der Waals surface area contributed by atoms with Gasteiger partial charge in [0.15, 0.2) is 0 Å². The molecule has 0 aliphatic carbocycles. The van der Waals surface area contributed by atoms with Crippen LogP contribution in [-0.4, -0.2) is 13.2 Å². The quantitative estimate of drug-likeness (QED) is 0.696. The minimum absolute atomic E-state index is 0.0745. The highest BCUT2D eigenvalue weighted by molar-refractivity contribution is 5.41. The van der Waals surface area contributed by atoms with Crippen LogP contribution in [0.1, 0.15) is 17.2 Å². The summed E-state index contributed by atoms with van der Waals surface area (Å²) >= 11 is 0. The molecule has 0 spiro atoms. The predicted molar refractivity (Wildman–Crippen MR) is 51.6 cm³/mol. The zero-order valence-corrected chi connectivity index (χ0v) is 7.49. The van der Waals surface area contributed by atoms with Gasteiger partial charge in [-0.1, -0.05) is 12.1 Å². The van der Waals surface area contributed by atoms with Crippen LogP contribution in [0.15, 0.2) is 18.2 Å². The SMILES string of the molecule is NCC(N)c1ccc2c(c1)OCC2. The monoisotopic (exact) mass is 178 g/mol. The summed E-state index contributed by atoms with van der Waals surface area (Å²) in [5.74, 6) is 0.974. The molecule has 1 heterocycles. The zero-order valence-electron chi connectivity index (χ0n) is 7.49. The van der Waals surface area contributed by atoms with Crippen molar-refractivity contribution in [2.45, 2.75) is 12.5 Å². The number of hydrogen-bond acceptors (Lipinski definition) is 3. The number of fused-ring (bicyclic) bond motifs is 1. The van der Waals surface area contributed by atoms with Gasteiger partial charge in [0, 0.05) is 19.0 Å². The van der Waals surface area contributed by atoms with Crippen molar-refractivity contribution in [2.75, 3.05) is 13.2 Å². The van der Waals surface area contributed by atoms with Gasteiger partial charge in [-0.2, -0.15) is 0 Å². The van der Waals surface area contributed by atoms with Gasteiger partial charge in [-0.05, 0) is 17.2 Å². The van der Waals surface area contributed by atoms with Gasteiger partial charge in [-0.25, -0.2) is 0 Å². The van der Waals surface area contributed by atoms with E-state index < -0.39 is 0 Å². The number of ether oxygens (including phenoxy) is 1. The van der Waals surface area contributed by atoms with Crippen LogP contribution in [0.25, 0.3) is 0 Å². The minimum Gasteiger partial charge on any atom is -0.493 e. The third-order valence-corrected chi connectivity index (χ3v) is 2.40. The lowest BCUT2D eigenvalue weighted by Crippen LogP contribution is -2.20. The fourth-order valence-electron chi connectivity index (χ4n) is 1.55. The summed E-state index contributed by atoms with van der Waals surface area (Å²) in [5, 5.41) is 0. The molecular weight excluding hydrogens is 164 g/mol. The van der Waals surface area contributed by atoms with Crippen molar-refractivity contribution in [3.8, 4) is 5.75 Å². The molecule has 13 heavy (non-hydrogen) atoms. The lowest BCUT2D eigenvalue weighted by Gasteiger charge is -2.10. The summed E-state index contributed by atoms with van der Waals surface area (Å²) in [5.41, 5.74) is 13.6. The summed E-state index contributed by atoms with van der Waals surface area (Å²) < 4.78 is 5.44. The standard InChI is InChI=1S/C10H14N2O/c11-6-9(12)8-2-1-7-3-4-13-10(7)5-8/h1-2,5,9H,3-4,6,11-12H2. The van der Waals surface area contributed by atoms with Crippen LogP contribution in [0.2, 0.25) is 0 Å². The van der Waals surface area contributed by atoms with Gasteiger partial charge in [0.25, 0.3) is 0 Å². The topological polar surface area (TPSA) is 61.3 Å². The molecule has 1 aromatic rings. The first-order valence-corrected chi connectivity index (χ1v) is 4.52. The maximum absolute atomic E-state index is 5.81. The molecule has 1 aliphatic heterocycles. The summed E-state index contributed by atoms with van der Waals surface area (Å²) in [4.78, 5) is 0. The average Bonchev–Trinajstić information content (AvgIpc) is 2.63. The third-order valence-electron chi connectivity index (χ3n) is 2.40. The van der Waals surface area contributed by atoms with Gasteiger partial charge < -0.3 is 16.2 Å². The van der Waals surface area contributed by atoms with Crippen molar-refractivity contribution < 1.29 is 4.74 Å². The van der Waals surface area contributed by atoms with Crippen molar-refractivity contribution >= 4 is 0 Å². The Hall–Kier alpha value is -1.06. The molecule has 0 fully saturated rings. The van der Waals surface area contributed by atoms with E-state index in [0.717, 1.165) is 24.3 Å². The van der Waals surface area contributed by atoms with E-state index in [4.69, 9.17) is 16.2 Å². The molecule has 4 N–H and O–H groups in total. The fourth-order valence-corrected chi connectivity index (χ4v) is 1.55. The first kappa shape index (κ1) is 8.53. The van der Waals surface area contributed by atoms with Crippen molar-refractivity contribution in [1.82, 2.24) is 0 Å². The molecule has 3 nitrogen and oxygen atoms in total. The van der Waals surface area contributed by atoms with Crippen LogP contribution >= 0.6 is 0 Å². The second-order valence-corrected chi connectivity index (χ2v) is 3.31.